The molecule has 0 saturated carbocycles. The van der Waals surface area contributed by atoms with Crippen molar-refractivity contribution in [2.24, 2.45) is 0 Å². The van der Waals surface area contributed by atoms with E-state index in [4.69, 9.17) is 9.47 Å². The molecule has 7 nitrogen and oxygen atoms in total. The number of ether oxygens (including phenoxy) is 2. The summed E-state index contributed by atoms with van der Waals surface area (Å²) in [5.74, 6) is 1.56. The minimum Gasteiger partial charge on any atom is -0.496 e. The largest absolute Gasteiger partial charge is 0.496 e. The minimum atomic E-state index is 0.0381. The molecule has 0 spiro atoms. The molecule has 1 aliphatic rings. The Kier molecular flexibility index (Phi) is 8.24. The first-order valence-electron chi connectivity index (χ1n) is 11.7. The number of carbonyl (C=O) groups excluding carboxylic acids is 1. The fourth-order valence-corrected chi connectivity index (χ4v) is 4.90. The highest BCUT2D eigenvalue weighted by atomic mass is 32.2. The third-order valence-corrected chi connectivity index (χ3v) is 6.96. The molecular formula is C26H32N4O3S. The molecule has 1 aromatic heterocycles. The van der Waals surface area contributed by atoms with Gasteiger partial charge in [-0.2, -0.15) is 0 Å². The second-order valence-electron chi connectivity index (χ2n) is 8.74. The SMILES string of the molecule is COc1ccccc1CN(CC1CCCO1)C(=O)CSc1nncn1-c1ccc(C(C)C)cc1. The summed E-state index contributed by atoms with van der Waals surface area (Å²) >= 11 is 1.40. The van der Waals surface area contributed by atoms with Gasteiger partial charge in [-0.15, -0.1) is 10.2 Å². The molecule has 0 N–H and O–H groups in total. The van der Waals surface area contributed by atoms with Crippen molar-refractivity contribution in [2.75, 3.05) is 26.0 Å². The highest BCUT2D eigenvalue weighted by molar-refractivity contribution is 7.99. The zero-order valence-corrected chi connectivity index (χ0v) is 20.8. The Morgan fingerprint density at radius 2 is 2.03 bits per heavy atom. The lowest BCUT2D eigenvalue weighted by molar-refractivity contribution is -0.130. The van der Waals surface area contributed by atoms with Gasteiger partial charge in [0.15, 0.2) is 5.16 Å². The number of para-hydroxylation sites is 1. The van der Waals surface area contributed by atoms with Crippen LogP contribution < -0.4 is 4.74 Å². The average Bonchev–Trinajstić information content (AvgIpc) is 3.54. The third-order valence-electron chi connectivity index (χ3n) is 6.03. The van der Waals surface area contributed by atoms with Gasteiger partial charge in [0.05, 0.1) is 19.0 Å². The number of amides is 1. The molecule has 0 radical (unpaired) electrons. The van der Waals surface area contributed by atoms with Crippen molar-refractivity contribution in [3.05, 3.63) is 66.0 Å². The number of rotatable bonds is 10. The standard InChI is InChI=1S/C26H32N4O3S/c1-19(2)20-10-12-22(13-11-20)30-18-27-28-26(30)34-17-25(31)29(16-23-8-6-14-33-23)15-21-7-4-5-9-24(21)32-3/h4-5,7,9-13,18-19,23H,6,8,14-17H2,1-3H3. The zero-order valence-electron chi connectivity index (χ0n) is 20.0. The summed E-state index contributed by atoms with van der Waals surface area (Å²) in [6.45, 7) is 6.16. The third kappa shape index (κ3) is 5.98. The lowest BCUT2D eigenvalue weighted by Gasteiger charge is -2.26. The Morgan fingerprint density at radius 1 is 1.24 bits per heavy atom. The summed E-state index contributed by atoms with van der Waals surface area (Å²) in [4.78, 5) is 15.2. The molecule has 34 heavy (non-hydrogen) atoms. The van der Waals surface area contributed by atoms with Crippen LogP contribution in [-0.2, 0) is 16.1 Å². The molecule has 0 bridgehead atoms. The molecule has 1 unspecified atom stereocenters. The van der Waals surface area contributed by atoms with Gasteiger partial charge >= 0.3 is 0 Å². The van der Waals surface area contributed by atoms with Gasteiger partial charge in [0, 0.05) is 30.9 Å². The van der Waals surface area contributed by atoms with E-state index in [0.29, 0.717) is 24.2 Å². The maximum atomic E-state index is 13.3. The highest BCUT2D eigenvalue weighted by Crippen LogP contribution is 2.25. The van der Waals surface area contributed by atoms with Crippen LogP contribution in [0, 0.1) is 0 Å². The molecule has 0 aliphatic carbocycles. The number of nitrogens with zero attached hydrogens (tertiary/aromatic N) is 4. The van der Waals surface area contributed by atoms with E-state index < -0.39 is 0 Å². The maximum absolute atomic E-state index is 13.3. The Hall–Kier alpha value is -2.84. The van der Waals surface area contributed by atoms with E-state index in [1.807, 2.05) is 33.7 Å². The van der Waals surface area contributed by atoms with Crippen molar-refractivity contribution < 1.29 is 14.3 Å². The second kappa shape index (κ2) is 11.5. The molecule has 1 atom stereocenters. The van der Waals surface area contributed by atoms with Crippen LogP contribution in [0.5, 0.6) is 5.75 Å². The van der Waals surface area contributed by atoms with E-state index >= 15 is 0 Å². The number of carbonyl (C=O) groups is 1. The predicted molar refractivity (Wildman–Crippen MR) is 134 cm³/mol. The van der Waals surface area contributed by atoms with Crippen LogP contribution in [0.2, 0.25) is 0 Å². The fraction of sp³-hybridized carbons (Fsp3) is 0.423. The molecular weight excluding hydrogens is 448 g/mol. The zero-order chi connectivity index (χ0) is 23.9. The molecule has 1 fully saturated rings. The van der Waals surface area contributed by atoms with Crippen LogP contribution in [0.25, 0.3) is 5.69 Å². The maximum Gasteiger partial charge on any atom is 0.233 e. The smallest absolute Gasteiger partial charge is 0.233 e. The molecule has 3 aromatic rings. The van der Waals surface area contributed by atoms with Gasteiger partial charge in [-0.05, 0) is 42.5 Å². The second-order valence-corrected chi connectivity index (χ2v) is 9.68. The van der Waals surface area contributed by atoms with Crippen LogP contribution in [0.3, 0.4) is 0 Å². The topological polar surface area (TPSA) is 69.5 Å². The summed E-state index contributed by atoms with van der Waals surface area (Å²) in [5, 5.41) is 9.03. The monoisotopic (exact) mass is 480 g/mol. The number of methoxy groups -OCH3 is 1. The van der Waals surface area contributed by atoms with E-state index in [2.05, 4.69) is 48.3 Å². The predicted octanol–water partition coefficient (Wildman–Crippen LogP) is 4.70. The quantitative estimate of drug-likeness (QED) is 0.392. The van der Waals surface area contributed by atoms with Gasteiger partial charge in [0.1, 0.15) is 12.1 Å². The van der Waals surface area contributed by atoms with Gasteiger partial charge in [-0.3, -0.25) is 9.36 Å². The van der Waals surface area contributed by atoms with Gasteiger partial charge in [-0.25, -0.2) is 0 Å². The molecule has 2 heterocycles. The van der Waals surface area contributed by atoms with Gasteiger partial charge in [-0.1, -0.05) is 55.9 Å². The number of benzene rings is 2. The molecule has 1 amide bonds. The van der Waals surface area contributed by atoms with E-state index in [0.717, 1.165) is 36.4 Å². The van der Waals surface area contributed by atoms with E-state index in [9.17, 15) is 4.79 Å². The number of hydrogen-bond donors (Lipinski definition) is 0. The Labute approximate surface area is 205 Å². The molecule has 2 aromatic carbocycles. The molecule has 180 valence electrons. The van der Waals surface area contributed by atoms with Crippen molar-refractivity contribution in [1.82, 2.24) is 19.7 Å². The summed E-state index contributed by atoms with van der Waals surface area (Å²) in [6, 6.07) is 16.2. The highest BCUT2D eigenvalue weighted by Gasteiger charge is 2.24. The van der Waals surface area contributed by atoms with Crippen molar-refractivity contribution >= 4 is 17.7 Å². The van der Waals surface area contributed by atoms with Crippen molar-refractivity contribution in [3.63, 3.8) is 0 Å². The number of aromatic nitrogens is 3. The van der Waals surface area contributed by atoms with Crippen molar-refractivity contribution in [3.8, 4) is 11.4 Å². The van der Waals surface area contributed by atoms with E-state index in [1.165, 1.54) is 17.3 Å². The number of hydrogen-bond acceptors (Lipinski definition) is 6. The summed E-state index contributed by atoms with van der Waals surface area (Å²) in [5.41, 5.74) is 3.24. The molecule has 8 heteroatoms. The van der Waals surface area contributed by atoms with Crippen LogP contribution in [0.15, 0.2) is 60.0 Å². The first kappa shape index (κ1) is 24.3. The minimum absolute atomic E-state index is 0.0381. The fourth-order valence-electron chi connectivity index (χ4n) is 4.07. The van der Waals surface area contributed by atoms with E-state index in [1.54, 1.807) is 13.4 Å². The summed E-state index contributed by atoms with van der Waals surface area (Å²) in [7, 11) is 1.65. The van der Waals surface area contributed by atoms with Crippen LogP contribution in [0.1, 0.15) is 43.7 Å². The molecule has 1 aliphatic heterocycles. The number of thioether (sulfide) groups is 1. The van der Waals surface area contributed by atoms with Crippen LogP contribution >= 0.6 is 11.8 Å². The summed E-state index contributed by atoms with van der Waals surface area (Å²) < 4.78 is 13.3. The first-order chi connectivity index (χ1) is 16.5. The van der Waals surface area contributed by atoms with Gasteiger partial charge in [0.2, 0.25) is 5.91 Å². The molecule has 4 rings (SSSR count). The van der Waals surface area contributed by atoms with Crippen LogP contribution in [-0.4, -0.2) is 57.7 Å². The van der Waals surface area contributed by atoms with E-state index in [-0.39, 0.29) is 17.8 Å². The van der Waals surface area contributed by atoms with Gasteiger partial charge in [0.25, 0.3) is 0 Å². The Balaban J connectivity index is 1.46. The first-order valence-corrected chi connectivity index (χ1v) is 12.7. The normalized spacial score (nSPS) is 15.6. The van der Waals surface area contributed by atoms with Crippen molar-refractivity contribution in [2.45, 2.75) is 50.4 Å². The van der Waals surface area contributed by atoms with Crippen LogP contribution in [0.4, 0.5) is 0 Å². The Bertz CT molecular complexity index is 1080. The van der Waals surface area contributed by atoms with Crippen molar-refractivity contribution in [1.29, 1.82) is 0 Å². The molecule has 1 saturated heterocycles. The Morgan fingerprint density at radius 3 is 2.74 bits per heavy atom. The average molecular weight is 481 g/mol. The summed E-state index contributed by atoms with van der Waals surface area (Å²) in [6.07, 6.45) is 3.78. The lowest BCUT2D eigenvalue weighted by atomic mass is 10.0. The lowest BCUT2D eigenvalue weighted by Crippen LogP contribution is -2.38. The van der Waals surface area contributed by atoms with Gasteiger partial charge < -0.3 is 14.4 Å².